The molecule has 0 unspecified atom stereocenters. The molecular weight excluding hydrogens is 439 g/mol. The molecule has 164 valence electrons. The molecule has 4 aromatic heterocycles. The highest BCUT2D eigenvalue weighted by Crippen LogP contribution is 2.35. The fourth-order valence-electron chi connectivity index (χ4n) is 3.11. The Morgan fingerprint density at radius 2 is 1.97 bits per heavy atom. The SMILES string of the molecule is CCS(=O)(=O)c1nn2c(NOC)ccnc2c1-c1nc2cc(C(F)(F)F)cnc2n1C. The van der Waals surface area contributed by atoms with Crippen LogP contribution in [-0.2, 0) is 27.9 Å². The van der Waals surface area contributed by atoms with Crippen LogP contribution in [0.5, 0.6) is 0 Å². The van der Waals surface area contributed by atoms with Gasteiger partial charge >= 0.3 is 6.18 Å². The number of aryl methyl sites for hydroxylation is 1. The normalized spacial score (nSPS) is 12.7. The first-order valence-corrected chi connectivity index (χ1v) is 10.5. The topological polar surface area (TPSA) is 116 Å². The van der Waals surface area contributed by atoms with Crippen LogP contribution >= 0.6 is 0 Å². The van der Waals surface area contributed by atoms with E-state index in [9.17, 15) is 21.6 Å². The molecule has 4 heterocycles. The van der Waals surface area contributed by atoms with E-state index in [0.29, 0.717) is 12.0 Å². The number of pyridine rings is 1. The van der Waals surface area contributed by atoms with E-state index in [1.807, 2.05) is 0 Å². The maximum atomic E-state index is 13.1. The Bertz CT molecular complexity index is 1410. The molecule has 0 bridgehead atoms. The second-order valence-corrected chi connectivity index (χ2v) is 8.71. The lowest BCUT2D eigenvalue weighted by Gasteiger charge is -2.05. The molecule has 0 spiro atoms. The van der Waals surface area contributed by atoms with Crippen LogP contribution in [0.25, 0.3) is 28.2 Å². The highest BCUT2D eigenvalue weighted by Gasteiger charge is 2.33. The Morgan fingerprint density at radius 3 is 2.61 bits per heavy atom. The number of hydrogen-bond acceptors (Lipinski definition) is 8. The zero-order chi connectivity index (χ0) is 22.6. The maximum absolute atomic E-state index is 13.1. The number of halogens is 3. The second kappa shape index (κ2) is 7.16. The monoisotopic (exact) mass is 455 g/mol. The van der Waals surface area contributed by atoms with Crippen LogP contribution in [0.15, 0.2) is 29.6 Å². The molecule has 0 radical (unpaired) electrons. The van der Waals surface area contributed by atoms with Gasteiger partial charge < -0.3 is 4.57 Å². The minimum Gasteiger partial charge on any atom is -0.312 e. The van der Waals surface area contributed by atoms with E-state index in [4.69, 9.17) is 4.84 Å². The Kier molecular flexibility index (Phi) is 4.85. The van der Waals surface area contributed by atoms with Gasteiger partial charge in [-0.3, -0.25) is 4.84 Å². The molecule has 31 heavy (non-hydrogen) atoms. The lowest BCUT2D eigenvalue weighted by molar-refractivity contribution is -0.137. The molecule has 0 aromatic carbocycles. The van der Waals surface area contributed by atoms with Crippen molar-refractivity contribution in [3.63, 3.8) is 0 Å². The van der Waals surface area contributed by atoms with Crippen molar-refractivity contribution >= 4 is 32.5 Å². The highest BCUT2D eigenvalue weighted by molar-refractivity contribution is 7.91. The number of sulfone groups is 1. The van der Waals surface area contributed by atoms with Gasteiger partial charge in [-0.15, -0.1) is 0 Å². The summed E-state index contributed by atoms with van der Waals surface area (Å²) in [7, 11) is -0.958. The smallest absolute Gasteiger partial charge is 0.312 e. The zero-order valence-electron chi connectivity index (χ0n) is 16.5. The van der Waals surface area contributed by atoms with Crippen LogP contribution < -0.4 is 5.48 Å². The zero-order valence-corrected chi connectivity index (χ0v) is 17.3. The molecule has 0 aliphatic heterocycles. The molecular formula is C17H16F3N7O3S. The molecule has 0 amide bonds. The van der Waals surface area contributed by atoms with E-state index < -0.39 is 21.6 Å². The van der Waals surface area contributed by atoms with E-state index >= 15 is 0 Å². The van der Waals surface area contributed by atoms with Gasteiger partial charge in [0.15, 0.2) is 32.0 Å². The number of imidazole rings is 1. The third-order valence-electron chi connectivity index (χ3n) is 4.63. The van der Waals surface area contributed by atoms with Crippen LogP contribution in [0, 0.1) is 0 Å². The second-order valence-electron chi connectivity index (χ2n) is 6.51. The summed E-state index contributed by atoms with van der Waals surface area (Å²) in [6, 6.07) is 2.37. The summed E-state index contributed by atoms with van der Waals surface area (Å²) in [5.41, 5.74) is 1.90. The number of hydrogen-bond donors (Lipinski definition) is 1. The van der Waals surface area contributed by atoms with Crippen molar-refractivity contribution in [2.24, 2.45) is 7.05 Å². The third-order valence-corrected chi connectivity index (χ3v) is 6.26. The summed E-state index contributed by atoms with van der Waals surface area (Å²) in [6.45, 7) is 1.46. The van der Waals surface area contributed by atoms with E-state index in [-0.39, 0.29) is 39.0 Å². The Morgan fingerprint density at radius 1 is 1.23 bits per heavy atom. The van der Waals surface area contributed by atoms with Crippen LogP contribution in [0.2, 0.25) is 0 Å². The van der Waals surface area contributed by atoms with Gasteiger partial charge in [-0.2, -0.15) is 22.8 Å². The number of nitrogens with zero attached hydrogens (tertiary/aromatic N) is 6. The lowest BCUT2D eigenvalue weighted by atomic mass is 10.2. The van der Waals surface area contributed by atoms with Crippen molar-refractivity contribution in [3.8, 4) is 11.4 Å². The van der Waals surface area contributed by atoms with E-state index in [1.165, 1.54) is 42.4 Å². The van der Waals surface area contributed by atoms with Gasteiger partial charge in [-0.05, 0) is 6.07 Å². The van der Waals surface area contributed by atoms with Gasteiger partial charge in [0.25, 0.3) is 0 Å². The van der Waals surface area contributed by atoms with Gasteiger partial charge in [0.2, 0.25) is 0 Å². The largest absolute Gasteiger partial charge is 0.417 e. The summed E-state index contributed by atoms with van der Waals surface area (Å²) in [6.07, 6.45) is -2.48. The number of nitrogens with one attached hydrogen (secondary N) is 1. The molecule has 0 fully saturated rings. The summed E-state index contributed by atoms with van der Waals surface area (Å²) in [4.78, 5) is 17.2. The molecule has 4 aromatic rings. The molecule has 0 saturated carbocycles. The molecule has 0 aliphatic carbocycles. The van der Waals surface area contributed by atoms with Crippen LogP contribution in [0.1, 0.15) is 12.5 Å². The van der Waals surface area contributed by atoms with Gasteiger partial charge in [0, 0.05) is 25.5 Å². The first-order valence-electron chi connectivity index (χ1n) is 8.88. The summed E-state index contributed by atoms with van der Waals surface area (Å²) >= 11 is 0. The lowest BCUT2D eigenvalue weighted by Crippen LogP contribution is -2.08. The fourth-order valence-corrected chi connectivity index (χ4v) is 4.09. The fraction of sp³-hybridized carbons (Fsp3) is 0.294. The molecule has 1 N–H and O–H groups in total. The highest BCUT2D eigenvalue weighted by atomic mass is 32.2. The Hall–Kier alpha value is -3.26. The minimum atomic E-state index is -4.59. The Labute approximate surface area is 173 Å². The average molecular weight is 455 g/mol. The van der Waals surface area contributed by atoms with E-state index in [1.54, 1.807) is 0 Å². The van der Waals surface area contributed by atoms with E-state index in [0.717, 1.165) is 6.07 Å². The molecule has 0 atom stereocenters. The summed E-state index contributed by atoms with van der Waals surface area (Å²) in [5.74, 6) is 0.102. The number of fused-ring (bicyclic) bond motifs is 2. The van der Waals surface area contributed by atoms with Crippen molar-refractivity contribution in [1.82, 2.24) is 29.1 Å². The van der Waals surface area contributed by atoms with Crippen molar-refractivity contribution in [2.75, 3.05) is 18.3 Å². The standard InChI is InChI=1S/C17H16F3N7O3S/c1-4-31(28,29)16-12(14-21-6-5-11(25-30-3)27(14)24-16)15-23-10-7-9(17(18,19)20)8-22-13(10)26(15)2/h5-8,25H,4H2,1-3H3. The van der Waals surface area contributed by atoms with Crippen molar-refractivity contribution < 1.29 is 26.4 Å². The first-order chi connectivity index (χ1) is 14.6. The molecule has 4 rings (SSSR count). The number of alkyl halides is 3. The maximum Gasteiger partial charge on any atom is 0.417 e. The van der Waals surface area contributed by atoms with Crippen LogP contribution in [0.4, 0.5) is 19.0 Å². The quantitative estimate of drug-likeness (QED) is 0.456. The average Bonchev–Trinajstić information content (AvgIpc) is 3.26. The van der Waals surface area contributed by atoms with E-state index in [2.05, 4.69) is 25.5 Å². The molecule has 14 heteroatoms. The molecule has 10 nitrogen and oxygen atoms in total. The predicted octanol–water partition coefficient (Wildman–Crippen LogP) is 2.46. The third kappa shape index (κ3) is 3.37. The number of anilines is 1. The minimum absolute atomic E-state index is 0.0438. The van der Waals surface area contributed by atoms with Crippen molar-refractivity contribution in [2.45, 2.75) is 18.1 Å². The number of aromatic nitrogens is 6. The van der Waals surface area contributed by atoms with Crippen molar-refractivity contribution in [1.29, 1.82) is 0 Å². The van der Waals surface area contributed by atoms with Gasteiger partial charge in [0.1, 0.15) is 16.9 Å². The van der Waals surface area contributed by atoms with Gasteiger partial charge in [-0.1, -0.05) is 6.92 Å². The Balaban J connectivity index is 2.07. The van der Waals surface area contributed by atoms with Gasteiger partial charge in [0.05, 0.1) is 18.4 Å². The van der Waals surface area contributed by atoms with Crippen LogP contribution in [-0.4, -0.2) is 50.4 Å². The summed E-state index contributed by atoms with van der Waals surface area (Å²) < 4.78 is 67.5. The number of rotatable bonds is 5. The molecule has 0 saturated heterocycles. The van der Waals surface area contributed by atoms with Gasteiger partial charge in [-0.25, -0.2) is 28.8 Å². The summed E-state index contributed by atoms with van der Waals surface area (Å²) in [5, 5.41) is 3.88. The van der Waals surface area contributed by atoms with Crippen LogP contribution in [0.3, 0.4) is 0 Å². The predicted molar refractivity (Wildman–Crippen MR) is 104 cm³/mol. The molecule has 0 aliphatic rings. The van der Waals surface area contributed by atoms with Crippen molar-refractivity contribution in [3.05, 3.63) is 30.1 Å². The first kappa shape index (κ1) is 21.0.